The summed E-state index contributed by atoms with van der Waals surface area (Å²) in [6.07, 6.45) is -4.67. The van der Waals surface area contributed by atoms with Crippen LogP contribution in [0, 0.1) is 0 Å². The molecule has 0 aromatic heterocycles. The van der Waals surface area contributed by atoms with Gasteiger partial charge in [-0.2, -0.15) is 13.2 Å². The van der Waals surface area contributed by atoms with Crippen LogP contribution in [0.5, 0.6) is 11.5 Å². The third-order valence-corrected chi connectivity index (χ3v) is 3.72. The highest BCUT2D eigenvalue weighted by Crippen LogP contribution is 2.36. The largest absolute Gasteiger partial charge is 0.497 e. The van der Waals surface area contributed by atoms with Gasteiger partial charge < -0.3 is 25.4 Å². The molecule has 0 unspecified atom stereocenters. The number of methoxy groups -OCH3 is 2. The first-order valence-corrected chi connectivity index (χ1v) is 8.38. The first-order chi connectivity index (χ1) is 13.6. The van der Waals surface area contributed by atoms with Gasteiger partial charge in [-0.1, -0.05) is 0 Å². The molecule has 0 fully saturated rings. The molecule has 3 N–H and O–H groups in total. The molecule has 0 radical (unpaired) electrons. The Hall–Kier alpha value is -3.43. The summed E-state index contributed by atoms with van der Waals surface area (Å²) in [6.45, 7) is 0.777. The highest BCUT2D eigenvalue weighted by molar-refractivity contribution is 5.94. The van der Waals surface area contributed by atoms with Crippen LogP contribution in [0.3, 0.4) is 0 Å². The molecule has 2 aromatic rings. The highest BCUT2D eigenvalue weighted by atomic mass is 19.4. The number of alkyl halides is 3. The lowest BCUT2D eigenvalue weighted by Gasteiger charge is -2.16. The maximum absolute atomic E-state index is 13.3. The van der Waals surface area contributed by atoms with E-state index in [4.69, 9.17) is 9.47 Å². The van der Waals surface area contributed by atoms with Crippen molar-refractivity contribution in [3.63, 3.8) is 0 Å². The monoisotopic (exact) mass is 411 g/mol. The summed E-state index contributed by atoms with van der Waals surface area (Å²) in [5.74, 6) is -0.174. The van der Waals surface area contributed by atoms with E-state index in [1.165, 1.54) is 27.2 Å². The third-order valence-electron chi connectivity index (χ3n) is 3.72. The van der Waals surface area contributed by atoms with Gasteiger partial charge in [-0.25, -0.2) is 0 Å². The average molecular weight is 411 g/mol. The SMILES string of the molecule is COc1cc(NC(=O)CNc2ccc(NC(C)=O)cc2C(F)(F)F)cc(OC)c1. The van der Waals surface area contributed by atoms with E-state index in [0.29, 0.717) is 17.2 Å². The minimum absolute atomic E-state index is 0.00306. The number of hydrogen-bond acceptors (Lipinski definition) is 5. The van der Waals surface area contributed by atoms with Gasteiger partial charge in [0, 0.05) is 42.2 Å². The maximum atomic E-state index is 13.3. The van der Waals surface area contributed by atoms with Crippen LogP contribution in [0.4, 0.5) is 30.2 Å². The molecule has 0 heterocycles. The van der Waals surface area contributed by atoms with E-state index in [-0.39, 0.29) is 11.4 Å². The molecule has 2 rings (SSSR count). The second kappa shape index (κ2) is 9.18. The topological polar surface area (TPSA) is 88.7 Å². The summed E-state index contributed by atoms with van der Waals surface area (Å²) in [7, 11) is 2.90. The number of carbonyl (C=O) groups is 2. The van der Waals surface area contributed by atoms with Crippen molar-refractivity contribution in [2.24, 2.45) is 0 Å². The Morgan fingerprint density at radius 2 is 1.55 bits per heavy atom. The zero-order valence-corrected chi connectivity index (χ0v) is 15.9. The van der Waals surface area contributed by atoms with Gasteiger partial charge in [0.1, 0.15) is 11.5 Å². The van der Waals surface area contributed by atoms with Crippen molar-refractivity contribution in [1.82, 2.24) is 0 Å². The van der Waals surface area contributed by atoms with E-state index in [2.05, 4.69) is 16.0 Å². The number of benzene rings is 2. The van der Waals surface area contributed by atoms with Crippen molar-refractivity contribution in [3.05, 3.63) is 42.0 Å². The van der Waals surface area contributed by atoms with Gasteiger partial charge in [0.15, 0.2) is 0 Å². The lowest BCUT2D eigenvalue weighted by molar-refractivity contribution is -0.137. The van der Waals surface area contributed by atoms with Gasteiger partial charge in [-0.3, -0.25) is 9.59 Å². The van der Waals surface area contributed by atoms with Gasteiger partial charge in [-0.15, -0.1) is 0 Å². The van der Waals surface area contributed by atoms with Crippen molar-refractivity contribution in [3.8, 4) is 11.5 Å². The van der Waals surface area contributed by atoms with E-state index < -0.39 is 30.1 Å². The smallest absolute Gasteiger partial charge is 0.418 e. The number of nitrogens with one attached hydrogen (secondary N) is 3. The fourth-order valence-corrected chi connectivity index (χ4v) is 2.47. The van der Waals surface area contributed by atoms with E-state index >= 15 is 0 Å². The van der Waals surface area contributed by atoms with E-state index in [9.17, 15) is 22.8 Å². The maximum Gasteiger partial charge on any atom is 0.418 e. The van der Waals surface area contributed by atoms with Gasteiger partial charge in [0.25, 0.3) is 0 Å². The molecular weight excluding hydrogens is 391 g/mol. The Morgan fingerprint density at radius 3 is 2.07 bits per heavy atom. The van der Waals surface area contributed by atoms with Crippen LogP contribution in [-0.2, 0) is 15.8 Å². The summed E-state index contributed by atoms with van der Waals surface area (Å²) in [6, 6.07) is 7.96. The minimum Gasteiger partial charge on any atom is -0.497 e. The Kier molecular flexibility index (Phi) is 6.92. The number of hydrogen-bond donors (Lipinski definition) is 3. The van der Waals surface area contributed by atoms with Gasteiger partial charge >= 0.3 is 6.18 Å². The minimum atomic E-state index is -4.67. The predicted molar refractivity (Wildman–Crippen MR) is 102 cm³/mol. The van der Waals surface area contributed by atoms with Gasteiger partial charge in [0.05, 0.1) is 26.3 Å². The molecule has 2 amide bonds. The zero-order valence-electron chi connectivity index (χ0n) is 15.9. The molecule has 0 saturated carbocycles. The Labute approximate surface area is 165 Å². The van der Waals surface area contributed by atoms with Crippen LogP contribution in [0.1, 0.15) is 12.5 Å². The lowest BCUT2D eigenvalue weighted by Crippen LogP contribution is -2.23. The molecule has 29 heavy (non-hydrogen) atoms. The zero-order chi connectivity index (χ0) is 21.6. The van der Waals surface area contributed by atoms with Crippen molar-refractivity contribution in [2.75, 3.05) is 36.7 Å². The molecule has 0 aliphatic carbocycles. The quantitative estimate of drug-likeness (QED) is 0.646. The lowest BCUT2D eigenvalue weighted by atomic mass is 10.1. The average Bonchev–Trinajstić information content (AvgIpc) is 2.65. The van der Waals surface area contributed by atoms with E-state index in [1.54, 1.807) is 18.2 Å². The fraction of sp³-hybridized carbons (Fsp3) is 0.263. The highest BCUT2D eigenvalue weighted by Gasteiger charge is 2.34. The van der Waals surface area contributed by atoms with Crippen molar-refractivity contribution in [2.45, 2.75) is 13.1 Å². The van der Waals surface area contributed by atoms with Crippen molar-refractivity contribution >= 4 is 28.9 Å². The molecule has 0 aliphatic rings. The number of carbonyl (C=O) groups excluding carboxylic acids is 2. The molecule has 0 saturated heterocycles. The first-order valence-electron chi connectivity index (χ1n) is 8.38. The summed E-state index contributed by atoms with van der Waals surface area (Å²) in [5.41, 5.74) is -0.919. The molecule has 2 aromatic carbocycles. The van der Waals surface area contributed by atoms with Crippen LogP contribution in [0.25, 0.3) is 0 Å². The molecule has 7 nitrogen and oxygen atoms in total. The molecule has 0 spiro atoms. The van der Waals surface area contributed by atoms with E-state index in [1.807, 2.05) is 0 Å². The number of rotatable bonds is 7. The summed E-state index contributed by atoms with van der Waals surface area (Å²) in [5, 5.41) is 7.32. The number of anilines is 3. The Balaban J connectivity index is 2.12. The fourth-order valence-electron chi connectivity index (χ4n) is 2.47. The van der Waals surface area contributed by atoms with Crippen LogP contribution < -0.4 is 25.4 Å². The summed E-state index contributed by atoms with van der Waals surface area (Å²) in [4.78, 5) is 23.2. The Morgan fingerprint density at radius 1 is 0.931 bits per heavy atom. The molecule has 0 aliphatic heterocycles. The van der Waals surface area contributed by atoms with Crippen LogP contribution in [0.2, 0.25) is 0 Å². The summed E-state index contributed by atoms with van der Waals surface area (Å²) < 4.78 is 50.2. The van der Waals surface area contributed by atoms with Gasteiger partial charge in [0.2, 0.25) is 11.8 Å². The molecule has 156 valence electrons. The normalized spacial score (nSPS) is 10.8. The van der Waals surface area contributed by atoms with E-state index in [0.717, 1.165) is 12.1 Å². The number of halogens is 3. The van der Waals surface area contributed by atoms with Crippen LogP contribution in [0.15, 0.2) is 36.4 Å². The summed E-state index contributed by atoms with van der Waals surface area (Å²) >= 11 is 0. The van der Waals surface area contributed by atoms with Crippen LogP contribution >= 0.6 is 0 Å². The van der Waals surface area contributed by atoms with Gasteiger partial charge in [-0.05, 0) is 18.2 Å². The van der Waals surface area contributed by atoms with Crippen molar-refractivity contribution in [1.29, 1.82) is 0 Å². The molecule has 0 bridgehead atoms. The standard InChI is InChI=1S/C19H20F3N3O4/c1-11(26)24-12-4-5-17(16(8-12)19(20,21)22)23-10-18(27)25-13-6-14(28-2)9-15(7-13)29-3/h4-9,23H,10H2,1-3H3,(H,24,26)(H,25,27). The number of amides is 2. The molecular formula is C19H20F3N3O4. The van der Waals surface area contributed by atoms with Crippen molar-refractivity contribution < 1.29 is 32.2 Å². The third kappa shape index (κ3) is 6.30. The second-order valence-corrected chi connectivity index (χ2v) is 5.94. The van der Waals surface area contributed by atoms with Crippen LogP contribution in [-0.4, -0.2) is 32.6 Å². The first kappa shape index (κ1) is 21.9. The Bertz CT molecular complexity index is 879. The predicted octanol–water partition coefficient (Wildman–Crippen LogP) is 3.73. The molecule has 0 atom stereocenters. The number of ether oxygens (including phenoxy) is 2. The second-order valence-electron chi connectivity index (χ2n) is 5.94. The molecule has 10 heteroatoms.